The summed E-state index contributed by atoms with van der Waals surface area (Å²) in [7, 11) is 1.99. The Hall–Kier alpha value is -0.980. The Morgan fingerprint density at radius 1 is 1.55 bits per heavy atom. The summed E-state index contributed by atoms with van der Waals surface area (Å²) in [5.74, 6) is 0.867. The first-order valence-corrected chi connectivity index (χ1v) is 8.98. The minimum atomic E-state index is -0.0381. The van der Waals surface area contributed by atoms with Gasteiger partial charge in [0.25, 0.3) is 5.91 Å². The summed E-state index contributed by atoms with van der Waals surface area (Å²) < 4.78 is 5.54. The van der Waals surface area contributed by atoms with Crippen molar-refractivity contribution >= 4 is 17.2 Å². The molecule has 0 spiro atoms. The van der Waals surface area contributed by atoms with Crippen molar-refractivity contribution in [3.05, 3.63) is 16.1 Å². The molecule has 5 nitrogen and oxygen atoms in total. The summed E-state index contributed by atoms with van der Waals surface area (Å²) in [6.45, 7) is 7.39. The number of likely N-dealkylation sites (tertiary alicyclic amines) is 1. The molecule has 1 N–H and O–H groups in total. The quantitative estimate of drug-likeness (QED) is 0.837. The van der Waals surface area contributed by atoms with E-state index in [2.05, 4.69) is 10.3 Å². The van der Waals surface area contributed by atoms with Gasteiger partial charge in [-0.05, 0) is 52.6 Å². The molecule has 1 atom stereocenters. The van der Waals surface area contributed by atoms with Gasteiger partial charge in [-0.15, -0.1) is 11.3 Å². The van der Waals surface area contributed by atoms with Crippen LogP contribution in [0.1, 0.15) is 53.9 Å². The number of rotatable bonds is 7. The summed E-state index contributed by atoms with van der Waals surface area (Å²) in [6.07, 6.45) is 5.08. The van der Waals surface area contributed by atoms with E-state index in [1.54, 1.807) is 6.20 Å². The van der Waals surface area contributed by atoms with Crippen LogP contribution in [0.15, 0.2) is 6.20 Å². The lowest BCUT2D eigenvalue weighted by Gasteiger charge is -2.31. The van der Waals surface area contributed by atoms with Crippen LogP contribution < -0.4 is 5.32 Å². The van der Waals surface area contributed by atoms with Gasteiger partial charge < -0.3 is 15.0 Å². The van der Waals surface area contributed by atoms with E-state index < -0.39 is 0 Å². The number of ether oxygens (including phenoxy) is 1. The van der Waals surface area contributed by atoms with Gasteiger partial charge in [0.05, 0.1) is 6.20 Å². The molecule has 0 aliphatic carbocycles. The molecule has 124 valence electrons. The smallest absolute Gasteiger partial charge is 0.265 e. The maximum absolute atomic E-state index is 12.6. The van der Waals surface area contributed by atoms with Gasteiger partial charge in [-0.1, -0.05) is 0 Å². The first-order chi connectivity index (χ1) is 10.7. The molecule has 0 radical (unpaired) electrons. The number of piperidine rings is 1. The van der Waals surface area contributed by atoms with Crippen LogP contribution in [0.5, 0.6) is 0 Å². The predicted molar refractivity (Wildman–Crippen MR) is 89.3 cm³/mol. The molecule has 1 aliphatic heterocycles. The van der Waals surface area contributed by atoms with Gasteiger partial charge in [0.15, 0.2) is 0 Å². The molecule has 1 saturated heterocycles. The van der Waals surface area contributed by atoms with E-state index in [1.807, 2.05) is 25.8 Å². The van der Waals surface area contributed by atoms with E-state index in [0.29, 0.717) is 6.61 Å². The normalized spacial score (nSPS) is 17.7. The highest BCUT2D eigenvalue weighted by atomic mass is 32.1. The highest BCUT2D eigenvalue weighted by Gasteiger charge is 2.25. The van der Waals surface area contributed by atoms with Crippen LogP contribution in [-0.4, -0.2) is 49.1 Å². The van der Waals surface area contributed by atoms with Crippen molar-refractivity contribution in [2.24, 2.45) is 5.92 Å². The minimum absolute atomic E-state index is 0.0381. The number of carbonyl (C=O) groups excluding carboxylic acids is 1. The average Bonchev–Trinajstić information content (AvgIpc) is 3.03. The predicted octanol–water partition coefficient (Wildman–Crippen LogP) is 2.70. The van der Waals surface area contributed by atoms with Gasteiger partial charge in [0.1, 0.15) is 16.0 Å². The van der Waals surface area contributed by atoms with E-state index in [-0.39, 0.29) is 12.0 Å². The van der Waals surface area contributed by atoms with E-state index >= 15 is 0 Å². The lowest BCUT2D eigenvalue weighted by Crippen LogP contribution is -2.38. The van der Waals surface area contributed by atoms with Crippen molar-refractivity contribution in [2.75, 3.05) is 33.3 Å². The number of hydrogen-bond acceptors (Lipinski definition) is 5. The second-order valence-electron chi connectivity index (χ2n) is 5.79. The van der Waals surface area contributed by atoms with Crippen molar-refractivity contribution < 1.29 is 9.53 Å². The first kappa shape index (κ1) is 17.4. The summed E-state index contributed by atoms with van der Waals surface area (Å²) in [6, 6.07) is 0. The molecule has 0 bridgehead atoms. The summed E-state index contributed by atoms with van der Waals surface area (Å²) in [5.41, 5.74) is 0. The number of carbonyl (C=O) groups is 1. The number of hydrogen-bond donors (Lipinski definition) is 1. The van der Waals surface area contributed by atoms with Crippen molar-refractivity contribution in [3.8, 4) is 0 Å². The standard InChI is InChI=1S/C16H27N3O2S/c1-4-21-12(2)15-18-11-14(22-15)16(20)19-9-6-13(7-10-19)5-8-17-3/h11-13,17H,4-10H2,1-3H3. The van der Waals surface area contributed by atoms with E-state index in [4.69, 9.17) is 4.74 Å². The Morgan fingerprint density at radius 3 is 2.91 bits per heavy atom. The fourth-order valence-electron chi connectivity index (χ4n) is 2.82. The van der Waals surface area contributed by atoms with Gasteiger partial charge in [0.2, 0.25) is 0 Å². The third-order valence-corrected chi connectivity index (χ3v) is 5.35. The lowest BCUT2D eigenvalue weighted by atomic mass is 9.93. The van der Waals surface area contributed by atoms with Gasteiger partial charge >= 0.3 is 0 Å². The van der Waals surface area contributed by atoms with Gasteiger partial charge in [-0.3, -0.25) is 4.79 Å². The van der Waals surface area contributed by atoms with E-state index in [1.165, 1.54) is 17.8 Å². The first-order valence-electron chi connectivity index (χ1n) is 8.16. The van der Waals surface area contributed by atoms with Crippen LogP contribution in [0, 0.1) is 5.92 Å². The highest BCUT2D eigenvalue weighted by Crippen LogP contribution is 2.26. The molecule has 2 rings (SSSR count). The van der Waals surface area contributed by atoms with Crippen LogP contribution in [0.25, 0.3) is 0 Å². The molecule has 1 aromatic heterocycles. The number of aromatic nitrogens is 1. The van der Waals surface area contributed by atoms with Crippen molar-refractivity contribution in [1.82, 2.24) is 15.2 Å². The summed E-state index contributed by atoms with van der Waals surface area (Å²) in [4.78, 5) is 19.6. The average molecular weight is 325 g/mol. The molecule has 22 heavy (non-hydrogen) atoms. The Kier molecular flexibility index (Phi) is 6.79. The molecule has 2 heterocycles. The molecule has 1 aliphatic rings. The number of amides is 1. The zero-order valence-electron chi connectivity index (χ0n) is 13.8. The molecule has 1 aromatic rings. The highest BCUT2D eigenvalue weighted by molar-refractivity contribution is 7.13. The second kappa shape index (κ2) is 8.60. The number of thiazole rings is 1. The largest absolute Gasteiger partial charge is 0.372 e. The maximum Gasteiger partial charge on any atom is 0.265 e. The number of nitrogens with one attached hydrogen (secondary N) is 1. The fraction of sp³-hybridized carbons (Fsp3) is 0.750. The zero-order chi connectivity index (χ0) is 15.9. The van der Waals surface area contributed by atoms with Crippen LogP contribution in [-0.2, 0) is 4.74 Å². The molecular formula is C16H27N3O2S. The van der Waals surface area contributed by atoms with Gasteiger partial charge in [0, 0.05) is 19.7 Å². The molecule has 1 amide bonds. The van der Waals surface area contributed by atoms with Crippen LogP contribution >= 0.6 is 11.3 Å². The molecule has 1 unspecified atom stereocenters. The van der Waals surface area contributed by atoms with Gasteiger partial charge in [-0.25, -0.2) is 4.98 Å². The Bertz CT molecular complexity index is 470. The third kappa shape index (κ3) is 4.51. The molecule has 1 fully saturated rings. The van der Waals surface area contributed by atoms with Gasteiger partial charge in [-0.2, -0.15) is 0 Å². The molecule has 0 aromatic carbocycles. The molecule has 0 saturated carbocycles. The van der Waals surface area contributed by atoms with Crippen molar-refractivity contribution in [3.63, 3.8) is 0 Å². The van der Waals surface area contributed by atoms with Crippen LogP contribution in [0.2, 0.25) is 0 Å². The van der Waals surface area contributed by atoms with Crippen LogP contribution in [0.4, 0.5) is 0 Å². The lowest BCUT2D eigenvalue weighted by molar-refractivity contribution is 0.0692. The third-order valence-electron chi connectivity index (χ3n) is 4.20. The fourth-order valence-corrected chi connectivity index (χ4v) is 3.71. The summed E-state index contributed by atoms with van der Waals surface area (Å²) >= 11 is 1.46. The van der Waals surface area contributed by atoms with Crippen LogP contribution in [0.3, 0.4) is 0 Å². The topological polar surface area (TPSA) is 54.5 Å². The Morgan fingerprint density at radius 2 is 2.27 bits per heavy atom. The summed E-state index contributed by atoms with van der Waals surface area (Å²) in [5, 5.41) is 4.08. The van der Waals surface area contributed by atoms with E-state index in [0.717, 1.165) is 48.3 Å². The monoisotopic (exact) mass is 325 g/mol. The number of nitrogens with zero attached hydrogens (tertiary/aromatic N) is 2. The van der Waals surface area contributed by atoms with Crippen molar-refractivity contribution in [1.29, 1.82) is 0 Å². The second-order valence-corrected chi connectivity index (χ2v) is 6.85. The SMILES string of the molecule is CCOC(C)c1ncc(C(=O)N2CCC(CCNC)CC2)s1. The Labute approximate surface area is 137 Å². The Balaban J connectivity index is 1.87. The maximum atomic E-state index is 12.6. The van der Waals surface area contributed by atoms with Crippen molar-refractivity contribution in [2.45, 2.75) is 39.2 Å². The van der Waals surface area contributed by atoms with E-state index in [9.17, 15) is 4.79 Å². The molecular weight excluding hydrogens is 298 g/mol. The molecule has 6 heteroatoms. The zero-order valence-corrected chi connectivity index (χ0v) is 14.6. The minimum Gasteiger partial charge on any atom is -0.372 e.